The van der Waals surface area contributed by atoms with Gasteiger partial charge in [-0.1, -0.05) is 6.07 Å². The van der Waals surface area contributed by atoms with Crippen molar-refractivity contribution in [3.05, 3.63) is 96.6 Å². The molecule has 0 amide bonds. The summed E-state index contributed by atoms with van der Waals surface area (Å²) in [4.78, 5) is 8.70. The number of rotatable bonds is 8. The monoisotopic (exact) mass is 562 g/mol. The smallest absolute Gasteiger partial charge is 0.229 e. The molecule has 9 nitrogen and oxygen atoms in total. The maximum absolute atomic E-state index is 12.1. The van der Waals surface area contributed by atoms with Crippen molar-refractivity contribution >= 4 is 44.4 Å². The van der Waals surface area contributed by atoms with Crippen LogP contribution in [0.5, 0.6) is 5.75 Å². The van der Waals surface area contributed by atoms with E-state index in [0.717, 1.165) is 29.0 Å². The third-order valence-corrected chi connectivity index (χ3v) is 7.49. The standard InChI is InChI=1S/C28H30N6O3S2/c1-32(2)19-10-12-20(13-11-19)33-17-7-9-24(33)27-26(22-8-5-6-16-29-22)30-28(38)34(27)21-14-15-25(37-3)23(18-21)31-39(4,35)36/h5-18,26-27,31H,1-4H3,(H,30,38)/t26-,27-/m1/s1. The maximum Gasteiger partial charge on any atom is 0.229 e. The van der Waals surface area contributed by atoms with E-state index in [-0.39, 0.29) is 12.1 Å². The summed E-state index contributed by atoms with van der Waals surface area (Å²) in [6, 6.07) is 23.0. The van der Waals surface area contributed by atoms with Gasteiger partial charge >= 0.3 is 0 Å². The largest absolute Gasteiger partial charge is 0.495 e. The highest BCUT2D eigenvalue weighted by Crippen LogP contribution is 2.44. The number of nitrogens with one attached hydrogen (secondary N) is 2. The van der Waals surface area contributed by atoms with Crippen LogP contribution >= 0.6 is 12.2 Å². The number of benzene rings is 2. The number of ether oxygens (including phenoxy) is 1. The number of sulfonamides is 1. The van der Waals surface area contributed by atoms with Gasteiger partial charge in [0.25, 0.3) is 0 Å². The SMILES string of the molecule is COc1ccc(N2C(=S)N[C@H](c3ccccn3)[C@H]2c2cccn2-c2ccc(N(C)C)cc2)cc1NS(C)(=O)=O. The summed E-state index contributed by atoms with van der Waals surface area (Å²) in [5.74, 6) is 0.407. The Balaban J connectivity index is 1.64. The van der Waals surface area contributed by atoms with E-state index in [2.05, 4.69) is 54.8 Å². The molecule has 5 rings (SSSR count). The summed E-state index contributed by atoms with van der Waals surface area (Å²) in [5.41, 5.74) is 4.98. The van der Waals surface area contributed by atoms with Gasteiger partial charge in [0, 0.05) is 49.2 Å². The zero-order chi connectivity index (χ0) is 27.7. The van der Waals surface area contributed by atoms with E-state index in [1.165, 1.54) is 7.11 Å². The van der Waals surface area contributed by atoms with Gasteiger partial charge in [-0.2, -0.15) is 0 Å². The molecule has 3 heterocycles. The summed E-state index contributed by atoms with van der Waals surface area (Å²) in [5, 5.41) is 3.96. The van der Waals surface area contributed by atoms with Gasteiger partial charge in [-0.3, -0.25) is 9.71 Å². The molecule has 0 spiro atoms. The molecular formula is C28H30N6O3S2. The molecule has 2 atom stereocenters. The molecule has 4 aromatic rings. The fourth-order valence-corrected chi connectivity index (χ4v) is 5.75. The van der Waals surface area contributed by atoms with Gasteiger partial charge in [-0.15, -0.1) is 0 Å². The van der Waals surface area contributed by atoms with E-state index in [9.17, 15) is 8.42 Å². The van der Waals surface area contributed by atoms with Crippen LogP contribution in [0, 0.1) is 0 Å². The van der Waals surface area contributed by atoms with Crippen LogP contribution in [0.2, 0.25) is 0 Å². The second-order valence-corrected chi connectivity index (χ2v) is 11.6. The summed E-state index contributed by atoms with van der Waals surface area (Å²) < 4.78 is 34.3. The van der Waals surface area contributed by atoms with Crippen molar-refractivity contribution in [2.24, 2.45) is 0 Å². The first-order chi connectivity index (χ1) is 18.7. The predicted octanol–water partition coefficient (Wildman–Crippen LogP) is 4.50. The first-order valence-corrected chi connectivity index (χ1v) is 14.6. The molecule has 11 heteroatoms. The number of aromatic nitrogens is 2. The van der Waals surface area contributed by atoms with E-state index in [1.54, 1.807) is 18.3 Å². The quantitative estimate of drug-likeness (QED) is 0.304. The fraction of sp³-hybridized carbons (Fsp3) is 0.214. The molecule has 0 radical (unpaired) electrons. The number of hydrogen-bond acceptors (Lipinski definition) is 6. The molecule has 1 saturated heterocycles. The number of anilines is 3. The van der Waals surface area contributed by atoms with E-state index in [4.69, 9.17) is 17.0 Å². The maximum atomic E-state index is 12.1. The average Bonchev–Trinajstić information content (AvgIpc) is 3.52. The lowest BCUT2D eigenvalue weighted by atomic mass is 10.0. The molecule has 2 N–H and O–H groups in total. The van der Waals surface area contributed by atoms with Crippen LogP contribution in [0.25, 0.3) is 5.69 Å². The molecule has 0 bridgehead atoms. The lowest BCUT2D eigenvalue weighted by Crippen LogP contribution is -2.30. The second-order valence-electron chi connectivity index (χ2n) is 9.47. The number of hydrogen-bond donors (Lipinski definition) is 2. The van der Waals surface area contributed by atoms with Crippen molar-refractivity contribution in [2.45, 2.75) is 12.1 Å². The van der Waals surface area contributed by atoms with Crippen LogP contribution in [-0.2, 0) is 10.0 Å². The number of methoxy groups -OCH3 is 1. The molecule has 2 aromatic heterocycles. The first-order valence-electron chi connectivity index (χ1n) is 12.3. The van der Waals surface area contributed by atoms with Crippen molar-refractivity contribution in [3.8, 4) is 11.4 Å². The molecule has 0 aliphatic carbocycles. The molecule has 202 valence electrons. The van der Waals surface area contributed by atoms with Crippen LogP contribution < -0.4 is 24.6 Å². The summed E-state index contributed by atoms with van der Waals surface area (Å²) in [6.45, 7) is 0. The molecule has 1 aliphatic rings. The topological polar surface area (TPSA) is 91.7 Å². The minimum atomic E-state index is -3.54. The number of thiocarbonyl (C=S) groups is 1. The first kappa shape index (κ1) is 26.5. The van der Waals surface area contributed by atoms with E-state index >= 15 is 0 Å². The zero-order valence-electron chi connectivity index (χ0n) is 22.1. The van der Waals surface area contributed by atoms with Crippen LogP contribution in [0.1, 0.15) is 23.5 Å². The Labute approximate surface area is 234 Å². The van der Waals surface area contributed by atoms with Crippen LogP contribution in [-0.4, -0.2) is 50.5 Å². The lowest BCUT2D eigenvalue weighted by molar-refractivity contribution is 0.417. The van der Waals surface area contributed by atoms with Crippen molar-refractivity contribution in [3.63, 3.8) is 0 Å². The van der Waals surface area contributed by atoms with E-state index in [1.807, 2.05) is 55.5 Å². The lowest BCUT2D eigenvalue weighted by Gasteiger charge is -2.29. The Kier molecular flexibility index (Phi) is 7.19. The zero-order valence-corrected chi connectivity index (χ0v) is 23.7. The van der Waals surface area contributed by atoms with Crippen LogP contribution in [0.3, 0.4) is 0 Å². The Morgan fingerprint density at radius 1 is 1.03 bits per heavy atom. The van der Waals surface area contributed by atoms with Crippen LogP contribution in [0.15, 0.2) is 85.2 Å². The molecule has 2 aromatic carbocycles. The summed E-state index contributed by atoms with van der Waals surface area (Å²) in [6.07, 6.45) is 4.90. The Morgan fingerprint density at radius 3 is 2.41 bits per heavy atom. The fourth-order valence-electron chi connectivity index (χ4n) is 4.84. The van der Waals surface area contributed by atoms with E-state index < -0.39 is 10.0 Å². The van der Waals surface area contributed by atoms with Gasteiger partial charge < -0.3 is 24.4 Å². The van der Waals surface area contributed by atoms with Gasteiger partial charge in [0.05, 0.1) is 30.8 Å². The van der Waals surface area contributed by atoms with Gasteiger partial charge in [0.2, 0.25) is 10.0 Å². The van der Waals surface area contributed by atoms with Gasteiger partial charge in [-0.25, -0.2) is 8.42 Å². The molecule has 39 heavy (non-hydrogen) atoms. The molecule has 1 aliphatic heterocycles. The number of pyridine rings is 1. The van der Waals surface area contributed by atoms with Crippen molar-refractivity contribution in [2.75, 3.05) is 42.0 Å². The third kappa shape index (κ3) is 5.41. The molecule has 1 fully saturated rings. The van der Waals surface area contributed by atoms with Crippen LogP contribution in [0.4, 0.5) is 17.1 Å². The molecule has 0 unspecified atom stereocenters. The number of nitrogens with zero attached hydrogens (tertiary/aromatic N) is 4. The summed E-state index contributed by atoms with van der Waals surface area (Å²) in [7, 11) is 1.98. The van der Waals surface area contributed by atoms with Crippen molar-refractivity contribution < 1.29 is 13.2 Å². The van der Waals surface area contributed by atoms with E-state index in [0.29, 0.717) is 22.2 Å². The van der Waals surface area contributed by atoms with Crippen molar-refractivity contribution in [1.82, 2.24) is 14.9 Å². The minimum Gasteiger partial charge on any atom is -0.495 e. The Bertz CT molecular complexity index is 1590. The highest BCUT2D eigenvalue weighted by molar-refractivity contribution is 7.92. The molecular weight excluding hydrogens is 532 g/mol. The van der Waals surface area contributed by atoms with Gasteiger partial charge in [0.15, 0.2) is 5.11 Å². The van der Waals surface area contributed by atoms with Crippen molar-refractivity contribution in [1.29, 1.82) is 0 Å². The highest BCUT2D eigenvalue weighted by Gasteiger charge is 2.42. The predicted molar refractivity (Wildman–Crippen MR) is 159 cm³/mol. The molecule has 0 saturated carbocycles. The normalized spacial score (nSPS) is 17.1. The van der Waals surface area contributed by atoms with Gasteiger partial charge in [0.1, 0.15) is 11.8 Å². The Hall–Kier alpha value is -4.09. The third-order valence-electron chi connectivity index (χ3n) is 6.58. The highest BCUT2D eigenvalue weighted by atomic mass is 32.2. The Morgan fingerprint density at radius 2 is 1.77 bits per heavy atom. The van der Waals surface area contributed by atoms with Gasteiger partial charge in [-0.05, 0) is 78.9 Å². The minimum absolute atomic E-state index is 0.262. The second kappa shape index (κ2) is 10.6. The average molecular weight is 563 g/mol. The summed E-state index contributed by atoms with van der Waals surface area (Å²) >= 11 is 5.87.